The van der Waals surface area contributed by atoms with Crippen LogP contribution in [-0.4, -0.2) is 95.2 Å². The van der Waals surface area contributed by atoms with Crippen LogP contribution in [0.25, 0.3) is 0 Å². The average molecular weight is 469 g/mol. The van der Waals surface area contributed by atoms with Crippen LogP contribution in [0.3, 0.4) is 0 Å². The summed E-state index contributed by atoms with van der Waals surface area (Å²) in [7, 11) is 0. The number of hydrogen-bond acceptors (Lipinski definition) is 7. The minimum Gasteiger partial charge on any atom is -0.494 e. The van der Waals surface area contributed by atoms with E-state index in [0.29, 0.717) is 6.54 Å². The molecule has 3 rings (SSSR count). The van der Waals surface area contributed by atoms with Gasteiger partial charge >= 0.3 is 0 Å². The zero-order chi connectivity index (χ0) is 24.3. The molecular formula is C24H40N2O7. The summed E-state index contributed by atoms with van der Waals surface area (Å²) >= 11 is 0. The van der Waals surface area contributed by atoms with E-state index in [-0.39, 0.29) is 25.5 Å². The van der Waals surface area contributed by atoms with Crippen molar-refractivity contribution < 1.29 is 34.8 Å². The number of carboxylic acid groups (broad SMARTS) is 2. The highest BCUT2D eigenvalue weighted by Crippen LogP contribution is 2.20. The van der Waals surface area contributed by atoms with Gasteiger partial charge in [-0.15, -0.1) is 0 Å². The van der Waals surface area contributed by atoms with E-state index < -0.39 is 6.10 Å². The highest BCUT2D eigenvalue weighted by atomic mass is 16.5. The summed E-state index contributed by atoms with van der Waals surface area (Å²) in [5.41, 5.74) is 1.24. The van der Waals surface area contributed by atoms with E-state index in [1.807, 2.05) is 0 Å². The fourth-order valence-corrected chi connectivity index (χ4v) is 4.16. The van der Waals surface area contributed by atoms with Crippen molar-refractivity contribution in [2.75, 3.05) is 45.9 Å². The second kappa shape index (κ2) is 18.3. The van der Waals surface area contributed by atoms with Crippen molar-refractivity contribution in [1.82, 2.24) is 9.80 Å². The van der Waals surface area contributed by atoms with Gasteiger partial charge in [-0.05, 0) is 76.0 Å². The summed E-state index contributed by atoms with van der Waals surface area (Å²) in [6, 6.07) is 8.34. The summed E-state index contributed by atoms with van der Waals surface area (Å²) in [6.45, 7) is 6.53. The van der Waals surface area contributed by atoms with Crippen LogP contribution in [0.4, 0.5) is 0 Å². The van der Waals surface area contributed by atoms with E-state index in [1.54, 1.807) is 0 Å². The molecule has 0 unspecified atom stereocenters. The first-order valence-electron chi connectivity index (χ1n) is 11.7. The maximum absolute atomic E-state index is 10.1. The monoisotopic (exact) mass is 468 g/mol. The Morgan fingerprint density at radius 3 is 2.15 bits per heavy atom. The van der Waals surface area contributed by atoms with Crippen molar-refractivity contribution >= 4 is 12.9 Å². The van der Waals surface area contributed by atoms with E-state index in [2.05, 4.69) is 34.1 Å². The molecule has 0 spiro atoms. The number of β-amino-alcohol motifs (C(OH)–C–C–N with tert-alkyl or cyclic N) is 1. The normalized spacial score (nSPS) is 21.0. The van der Waals surface area contributed by atoms with Gasteiger partial charge in [-0.25, -0.2) is 0 Å². The van der Waals surface area contributed by atoms with Gasteiger partial charge in [-0.3, -0.25) is 14.5 Å². The molecule has 9 heteroatoms. The molecule has 0 radical (unpaired) electrons. The van der Waals surface area contributed by atoms with Crippen molar-refractivity contribution in [3.63, 3.8) is 0 Å². The lowest BCUT2D eigenvalue weighted by Crippen LogP contribution is -2.44. The Morgan fingerprint density at radius 1 is 0.939 bits per heavy atom. The molecule has 2 saturated heterocycles. The number of unbranched alkanes of at least 4 members (excludes halogenated alkanes) is 1. The molecule has 0 bridgehead atoms. The second-order valence-electron chi connectivity index (χ2n) is 8.35. The van der Waals surface area contributed by atoms with Crippen molar-refractivity contribution in [1.29, 1.82) is 0 Å². The predicted octanol–water partition coefficient (Wildman–Crippen LogP) is 1.91. The van der Waals surface area contributed by atoms with Gasteiger partial charge in [0.1, 0.15) is 5.75 Å². The number of carbonyl (C=O) groups is 2. The Kier molecular flexibility index (Phi) is 15.9. The number of rotatable bonds is 9. The minimum absolute atomic E-state index is 0.0342. The van der Waals surface area contributed by atoms with Crippen LogP contribution in [0.1, 0.15) is 44.1 Å². The molecule has 0 saturated carbocycles. The number of ether oxygens (including phenoxy) is 1. The topological polar surface area (TPSA) is 131 Å². The van der Waals surface area contributed by atoms with Crippen molar-refractivity contribution in [3.05, 3.63) is 29.8 Å². The van der Waals surface area contributed by atoms with Crippen LogP contribution in [0, 0.1) is 5.92 Å². The Balaban J connectivity index is 0.000000819. The highest BCUT2D eigenvalue weighted by molar-refractivity contribution is 5.33. The molecule has 1 aromatic rings. The van der Waals surface area contributed by atoms with Gasteiger partial charge in [-0.1, -0.05) is 18.6 Å². The van der Waals surface area contributed by atoms with Gasteiger partial charge in [0, 0.05) is 25.6 Å². The predicted molar refractivity (Wildman–Crippen MR) is 125 cm³/mol. The molecular weight excluding hydrogens is 428 g/mol. The number of hydrogen-bond donors (Lipinski definition) is 4. The summed E-state index contributed by atoms with van der Waals surface area (Å²) in [6.07, 6.45) is 6.88. The van der Waals surface area contributed by atoms with Crippen molar-refractivity contribution in [2.24, 2.45) is 5.92 Å². The summed E-state index contributed by atoms with van der Waals surface area (Å²) in [5, 5.41) is 33.1. The van der Waals surface area contributed by atoms with E-state index in [0.717, 1.165) is 38.3 Å². The highest BCUT2D eigenvalue weighted by Gasteiger charge is 2.26. The van der Waals surface area contributed by atoms with Gasteiger partial charge < -0.3 is 30.1 Å². The van der Waals surface area contributed by atoms with E-state index >= 15 is 0 Å². The molecule has 0 amide bonds. The summed E-state index contributed by atoms with van der Waals surface area (Å²) < 4.78 is 5.89. The zero-order valence-corrected chi connectivity index (χ0v) is 19.4. The lowest BCUT2D eigenvalue weighted by atomic mass is 9.94. The molecule has 2 aliphatic heterocycles. The van der Waals surface area contributed by atoms with Crippen molar-refractivity contribution in [3.8, 4) is 5.75 Å². The Hall–Kier alpha value is -2.20. The number of benzene rings is 1. The van der Waals surface area contributed by atoms with Crippen LogP contribution in [-0.2, 0) is 16.1 Å². The second-order valence-corrected chi connectivity index (χ2v) is 8.35. The standard InChI is InChI=1S/C22H36N2O3.2CH2O2/c25-18-20-10-14-24(17-22(20)26)16-19-6-8-21(9-7-19)27-15-5-4-13-23-11-2-1-3-12-23;2*2-1-3/h6-9,20,22,25-26H,1-5,10-18H2;2*1H,(H,2,3)/t20-,22-;;/m1../s1. The van der Waals surface area contributed by atoms with E-state index in [9.17, 15) is 10.2 Å². The van der Waals surface area contributed by atoms with Gasteiger partial charge in [0.15, 0.2) is 0 Å². The van der Waals surface area contributed by atoms with Crippen LogP contribution in [0.15, 0.2) is 24.3 Å². The zero-order valence-electron chi connectivity index (χ0n) is 19.4. The first-order valence-corrected chi connectivity index (χ1v) is 11.7. The SMILES string of the molecule is O=CO.O=CO.OC[C@H]1CCN(Cc2ccc(OCCCCN3CCCCC3)cc2)C[C@H]1O. The maximum Gasteiger partial charge on any atom is 0.290 e. The van der Waals surface area contributed by atoms with Crippen molar-refractivity contribution in [2.45, 2.75) is 51.2 Å². The molecule has 33 heavy (non-hydrogen) atoms. The van der Waals surface area contributed by atoms with Crippen LogP contribution in [0.2, 0.25) is 0 Å². The third-order valence-electron chi connectivity index (χ3n) is 5.96. The smallest absolute Gasteiger partial charge is 0.290 e. The molecule has 1 aromatic carbocycles. The molecule has 4 N–H and O–H groups in total. The minimum atomic E-state index is -0.420. The Bertz CT molecular complexity index is 618. The Labute approximate surface area is 196 Å². The van der Waals surface area contributed by atoms with Gasteiger partial charge in [0.25, 0.3) is 12.9 Å². The molecule has 0 aromatic heterocycles. The van der Waals surface area contributed by atoms with Crippen LogP contribution >= 0.6 is 0 Å². The van der Waals surface area contributed by atoms with Crippen LogP contribution < -0.4 is 4.74 Å². The molecule has 2 aliphatic rings. The lowest BCUT2D eigenvalue weighted by molar-refractivity contribution is -0.123. The third kappa shape index (κ3) is 12.6. The van der Waals surface area contributed by atoms with E-state index in [1.165, 1.54) is 50.9 Å². The van der Waals surface area contributed by atoms with Gasteiger partial charge in [-0.2, -0.15) is 0 Å². The number of likely N-dealkylation sites (tertiary alicyclic amines) is 2. The Morgan fingerprint density at radius 2 is 1.58 bits per heavy atom. The molecule has 0 aliphatic carbocycles. The van der Waals surface area contributed by atoms with Gasteiger partial charge in [0.05, 0.1) is 12.7 Å². The molecule has 2 fully saturated rings. The molecule has 188 valence electrons. The molecule has 2 atom stereocenters. The number of piperidine rings is 2. The number of nitrogens with zero attached hydrogens (tertiary/aromatic N) is 2. The molecule has 2 heterocycles. The maximum atomic E-state index is 10.1. The quantitative estimate of drug-likeness (QED) is 0.317. The molecule has 9 nitrogen and oxygen atoms in total. The summed E-state index contributed by atoms with van der Waals surface area (Å²) in [4.78, 5) is 21.6. The average Bonchev–Trinajstić information content (AvgIpc) is 2.82. The first kappa shape index (κ1) is 28.8. The van der Waals surface area contributed by atoms with Gasteiger partial charge in [0.2, 0.25) is 0 Å². The first-order chi connectivity index (χ1) is 16.1. The third-order valence-corrected chi connectivity index (χ3v) is 5.96. The fourth-order valence-electron chi connectivity index (χ4n) is 4.16. The summed E-state index contributed by atoms with van der Waals surface area (Å²) in [5.74, 6) is 0.975. The lowest BCUT2D eigenvalue weighted by Gasteiger charge is -2.35. The van der Waals surface area contributed by atoms with E-state index in [4.69, 9.17) is 24.5 Å². The largest absolute Gasteiger partial charge is 0.494 e. The van der Waals surface area contributed by atoms with Crippen LogP contribution in [0.5, 0.6) is 5.75 Å². The number of aliphatic hydroxyl groups is 2. The number of aliphatic hydroxyl groups excluding tert-OH is 2. The fraction of sp³-hybridized carbons (Fsp3) is 0.667.